The van der Waals surface area contributed by atoms with Crippen LogP contribution in [0.1, 0.15) is 29.8 Å². The Balaban J connectivity index is 2.10. The molecule has 4 nitrogen and oxygen atoms in total. The first-order valence-corrected chi connectivity index (χ1v) is 8.72. The number of rotatable bonds is 6. The van der Waals surface area contributed by atoms with E-state index in [4.69, 9.17) is 11.6 Å². The molecule has 0 bridgehead atoms. The van der Waals surface area contributed by atoms with Crippen LogP contribution >= 0.6 is 11.6 Å². The van der Waals surface area contributed by atoms with E-state index in [1.807, 2.05) is 32.0 Å². The van der Waals surface area contributed by atoms with Crippen molar-refractivity contribution in [2.24, 2.45) is 5.92 Å². The Kier molecular flexibility index (Phi) is 6.75. The van der Waals surface area contributed by atoms with E-state index in [0.717, 1.165) is 5.56 Å². The van der Waals surface area contributed by atoms with Crippen molar-refractivity contribution in [2.45, 2.75) is 26.4 Å². The maximum absolute atomic E-state index is 13.0. The van der Waals surface area contributed by atoms with E-state index in [1.54, 1.807) is 13.1 Å². The van der Waals surface area contributed by atoms with Gasteiger partial charge in [0.05, 0.1) is 0 Å². The maximum Gasteiger partial charge on any atom is 0.251 e. The number of hydrogen-bond acceptors (Lipinski definition) is 2. The lowest BCUT2D eigenvalue weighted by molar-refractivity contribution is -0.133. The van der Waals surface area contributed by atoms with Crippen molar-refractivity contribution < 1.29 is 14.0 Å². The summed E-state index contributed by atoms with van der Waals surface area (Å²) in [5.41, 5.74) is 1.14. The number of carbonyl (C=O) groups is 2. The fraction of sp³-hybridized carbons (Fsp3) is 0.300. The SMILES string of the molecule is CC(C)[C@H](NC(=O)c1ccc(F)cc1)C(=O)N(C)Cc1ccccc1Cl. The van der Waals surface area contributed by atoms with Crippen LogP contribution in [0, 0.1) is 11.7 Å². The summed E-state index contributed by atoms with van der Waals surface area (Å²) in [6.45, 7) is 4.06. The zero-order valence-electron chi connectivity index (χ0n) is 15.0. The van der Waals surface area contributed by atoms with E-state index >= 15 is 0 Å². The molecule has 0 saturated carbocycles. The minimum Gasteiger partial charge on any atom is -0.340 e. The molecular formula is C20H22ClFN2O2. The highest BCUT2D eigenvalue weighted by atomic mass is 35.5. The summed E-state index contributed by atoms with van der Waals surface area (Å²) in [5, 5.41) is 3.33. The highest BCUT2D eigenvalue weighted by Crippen LogP contribution is 2.17. The molecule has 1 atom stereocenters. The minimum absolute atomic E-state index is 0.111. The number of carbonyl (C=O) groups excluding carboxylic acids is 2. The number of nitrogens with one attached hydrogen (secondary N) is 1. The fourth-order valence-electron chi connectivity index (χ4n) is 2.54. The van der Waals surface area contributed by atoms with E-state index < -0.39 is 17.8 Å². The average Bonchev–Trinajstić information content (AvgIpc) is 2.61. The Labute approximate surface area is 158 Å². The third-order valence-corrected chi connectivity index (χ3v) is 4.44. The molecule has 2 aromatic rings. The molecule has 0 fully saturated rings. The lowest BCUT2D eigenvalue weighted by Gasteiger charge is -2.27. The largest absolute Gasteiger partial charge is 0.340 e. The molecule has 138 valence electrons. The van der Waals surface area contributed by atoms with Crippen molar-refractivity contribution in [3.05, 3.63) is 70.5 Å². The number of halogens is 2. The molecule has 2 amide bonds. The van der Waals surface area contributed by atoms with Crippen molar-refractivity contribution in [3.8, 4) is 0 Å². The second-order valence-corrected chi connectivity index (χ2v) is 6.89. The molecule has 0 aliphatic carbocycles. The molecule has 2 rings (SSSR count). The van der Waals surface area contributed by atoms with Crippen LogP contribution in [0.5, 0.6) is 0 Å². The summed E-state index contributed by atoms with van der Waals surface area (Å²) in [6.07, 6.45) is 0. The van der Waals surface area contributed by atoms with Crippen molar-refractivity contribution in [2.75, 3.05) is 7.05 Å². The predicted molar refractivity (Wildman–Crippen MR) is 100 cm³/mol. The molecule has 0 aromatic heterocycles. The number of likely N-dealkylation sites (N-methyl/N-ethyl adjacent to an activating group) is 1. The Bertz CT molecular complexity index is 778. The van der Waals surface area contributed by atoms with E-state index in [0.29, 0.717) is 17.1 Å². The van der Waals surface area contributed by atoms with Crippen LogP contribution in [0.15, 0.2) is 48.5 Å². The lowest BCUT2D eigenvalue weighted by Crippen LogP contribution is -2.50. The molecule has 0 unspecified atom stereocenters. The molecule has 0 spiro atoms. The van der Waals surface area contributed by atoms with Gasteiger partial charge < -0.3 is 10.2 Å². The van der Waals surface area contributed by atoms with Crippen LogP contribution in [0.25, 0.3) is 0 Å². The van der Waals surface area contributed by atoms with Gasteiger partial charge in [0.2, 0.25) is 5.91 Å². The normalized spacial score (nSPS) is 11.9. The topological polar surface area (TPSA) is 49.4 Å². The van der Waals surface area contributed by atoms with Gasteiger partial charge in [-0.1, -0.05) is 43.6 Å². The molecule has 6 heteroatoms. The van der Waals surface area contributed by atoms with E-state index in [-0.39, 0.29) is 11.8 Å². The summed E-state index contributed by atoms with van der Waals surface area (Å²) >= 11 is 6.15. The first-order valence-electron chi connectivity index (χ1n) is 8.34. The summed E-state index contributed by atoms with van der Waals surface area (Å²) in [7, 11) is 1.67. The monoisotopic (exact) mass is 376 g/mol. The lowest BCUT2D eigenvalue weighted by atomic mass is 10.0. The molecule has 0 heterocycles. The van der Waals surface area contributed by atoms with Gasteiger partial charge in [-0.05, 0) is 41.8 Å². The van der Waals surface area contributed by atoms with Gasteiger partial charge in [-0.25, -0.2) is 4.39 Å². The van der Waals surface area contributed by atoms with Crippen LogP contribution in [-0.4, -0.2) is 29.8 Å². The van der Waals surface area contributed by atoms with Gasteiger partial charge in [-0.2, -0.15) is 0 Å². The Morgan fingerprint density at radius 3 is 2.31 bits per heavy atom. The maximum atomic E-state index is 13.0. The van der Waals surface area contributed by atoms with Gasteiger partial charge in [-0.3, -0.25) is 9.59 Å². The molecule has 0 radical (unpaired) electrons. The second-order valence-electron chi connectivity index (χ2n) is 6.49. The van der Waals surface area contributed by atoms with E-state index in [9.17, 15) is 14.0 Å². The van der Waals surface area contributed by atoms with Crippen LogP contribution in [0.4, 0.5) is 4.39 Å². The molecule has 1 N–H and O–H groups in total. The first-order chi connectivity index (χ1) is 12.3. The van der Waals surface area contributed by atoms with Crippen LogP contribution in [0.3, 0.4) is 0 Å². The van der Waals surface area contributed by atoms with Crippen molar-refractivity contribution in [1.29, 1.82) is 0 Å². The van der Waals surface area contributed by atoms with E-state index in [2.05, 4.69) is 5.32 Å². The molecule has 0 aliphatic rings. The number of nitrogens with zero attached hydrogens (tertiary/aromatic N) is 1. The third-order valence-electron chi connectivity index (χ3n) is 4.07. The Morgan fingerprint density at radius 2 is 1.73 bits per heavy atom. The smallest absolute Gasteiger partial charge is 0.251 e. The van der Waals surface area contributed by atoms with Crippen LogP contribution in [-0.2, 0) is 11.3 Å². The van der Waals surface area contributed by atoms with Gasteiger partial charge in [-0.15, -0.1) is 0 Å². The van der Waals surface area contributed by atoms with Crippen LogP contribution < -0.4 is 5.32 Å². The molecule has 0 saturated heterocycles. The fourth-order valence-corrected chi connectivity index (χ4v) is 2.73. The summed E-state index contributed by atoms with van der Waals surface area (Å²) in [6, 6.07) is 11.8. The minimum atomic E-state index is -0.694. The van der Waals surface area contributed by atoms with Crippen molar-refractivity contribution in [3.63, 3.8) is 0 Å². The number of amides is 2. The van der Waals surface area contributed by atoms with Gasteiger partial charge >= 0.3 is 0 Å². The predicted octanol–water partition coefficient (Wildman–Crippen LogP) is 3.89. The zero-order valence-corrected chi connectivity index (χ0v) is 15.8. The standard InChI is InChI=1S/C20H22ClFN2O2/c1-13(2)18(23-19(25)14-8-10-16(22)11-9-14)20(26)24(3)12-15-6-4-5-7-17(15)21/h4-11,13,18H,12H2,1-3H3,(H,23,25)/t18-/m0/s1. The average molecular weight is 377 g/mol. The molecule has 2 aromatic carbocycles. The van der Waals surface area contributed by atoms with E-state index in [1.165, 1.54) is 29.2 Å². The Hall–Kier alpha value is -2.40. The zero-order chi connectivity index (χ0) is 19.3. The summed E-state index contributed by atoms with van der Waals surface area (Å²) < 4.78 is 13.0. The highest BCUT2D eigenvalue weighted by Gasteiger charge is 2.27. The molecular weight excluding hydrogens is 355 g/mol. The quantitative estimate of drug-likeness (QED) is 0.831. The number of hydrogen-bond donors (Lipinski definition) is 1. The first kappa shape index (κ1) is 19.9. The summed E-state index contributed by atoms with van der Waals surface area (Å²) in [5.74, 6) is -1.16. The van der Waals surface area contributed by atoms with Gasteiger partial charge in [0.1, 0.15) is 11.9 Å². The van der Waals surface area contributed by atoms with Gasteiger partial charge in [0, 0.05) is 24.2 Å². The highest BCUT2D eigenvalue weighted by molar-refractivity contribution is 6.31. The van der Waals surface area contributed by atoms with Gasteiger partial charge in [0.25, 0.3) is 5.91 Å². The third kappa shape index (κ3) is 5.05. The van der Waals surface area contributed by atoms with Gasteiger partial charge in [0.15, 0.2) is 0 Å². The molecule has 0 aliphatic heterocycles. The summed E-state index contributed by atoms with van der Waals surface area (Å²) in [4.78, 5) is 26.8. The van der Waals surface area contributed by atoms with Crippen molar-refractivity contribution in [1.82, 2.24) is 10.2 Å². The van der Waals surface area contributed by atoms with Crippen molar-refractivity contribution >= 4 is 23.4 Å². The molecule has 26 heavy (non-hydrogen) atoms. The Morgan fingerprint density at radius 1 is 1.12 bits per heavy atom. The second kappa shape index (κ2) is 8.81. The van der Waals surface area contributed by atoms with Crippen LogP contribution in [0.2, 0.25) is 5.02 Å². The number of benzene rings is 2.